The molecule has 0 spiro atoms. The van der Waals surface area contributed by atoms with Crippen molar-refractivity contribution in [3.05, 3.63) is 42.9 Å². The van der Waals surface area contributed by atoms with Gasteiger partial charge in [-0.05, 0) is 24.3 Å². The van der Waals surface area contributed by atoms with Crippen molar-refractivity contribution in [1.82, 2.24) is 19.8 Å². The van der Waals surface area contributed by atoms with E-state index in [-0.39, 0.29) is 24.6 Å². The van der Waals surface area contributed by atoms with Crippen LogP contribution in [0.25, 0.3) is 0 Å². The van der Waals surface area contributed by atoms with Gasteiger partial charge in [0, 0.05) is 44.1 Å². The Morgan fingerprint density at radius 2 is 2.00 bits per heavy atom. The minimum absolute atomic E-state index is 0.0693. The van der Waals surface area contributed by atoms with Gasteiger partial charge >= 0.3 is 6.03 Å². The summed E-state index contributed by atoms with van der Waals surface area (Å²) in [6, 6.07) is 7.17. The molecule has 2 fully saturated rings. The van der Waals surface area contributed by atoms with Crippen LogP contribution in [0.1, 0.15) is 6.42 Å². The first-order chi connectivity index (χ1) is 14.1. The molecule has 0 N–H and O–H groups in total. The molecule has 2 aromatic rings. The second-order valence-corrected chi connectivity index (χ2v) is 6.97. The van der Waals surface area contributed by atoms with E-state index in [9.17, 15) is 9.59 Å². The smallest absolute Gasteiger partial charge is 0.325 e. The Balaban J connectivity index is 1.30. The molecule has 2 saturated heterocycles. The Bertz CT molecular complexity index is 861. The lowest BCUT2D eigenvalue weighted by atomic mass is 10.3. The predicted octanol–water partition coefficient (Wildman–Crippen LogP) is 1.41. The molecule has 9 nitrogen and oxygen atoms in total. The van der Waals surface area contributed by atoms with Gasteiger partial charge in [0.05, 0.1) is 19.9 Å². The summed E-state index contributed by atoms with van der Waals surface area (Å²) in [5.41, 5.74) is 0.796. The highest BCUT2D eigenvalue weighted by Crippen LogP contribution is 2.23. The summed E-state index contributed by atoms with van der Waals surface area (Å²) < 4.78 is 10.9. The van der Waals surface area contributed by atoms with Crippen LogP contribution in [0.2, 0.25) is 0 Å². The van der Waals surface area contributed by atoms with Crippen LogP contribution in [0.3, 0.4) is 0 Å². The first kappa shape index (κ1) is 19.0. The van der Waals surface area contributed by atoms with Crippen LogP contribution in [0.15, 0.2) is 42.9 Å². The molecule has 0 unspecified atom stereocenters. The second kappa shape index (κ2) is 8.34. The van der Waals surface area contributed by atoms with Crippen molar-refractivity contribution in [3.63, 3.8) is 0 Å². The fraction of sp³-hybridized carbons (Fsp3) is 0.400. The fourth-order valence-electron chi connectivity index (χ4n) is 3.56. The molecule has 4 rings (SSSR count). The molecule has 152 valence electrons. The number of ether oxygens (including phenoxy) is 2. The van der Waals surface area contributed by atoms with E-state index in [2.05, 4.69) is 9.97 Å². The number of carbonyl (C=O) groups excluding carboxylic acids is 2. The monoisotopic (exact) mass is 397 g/mol. The van der Waals surface area contributed by atoms with E-state index in [1.54, 1.807) is 40.4 Å². The third kappa shape index (κ3) is 4.23. The molecule has 9 heteroatoms. The van der Waals surface area contributed by atoms with Gasteiger partial charge in [-0.25, -0.2) is 9.78 Å². The number of urea groups is 1. The molecular weight excluding hydrogens is 374 g/mol. The van der Waals surface area contributed by atoms with Crippen LogP contribution < -0.4 is 14.4 Å². The Kier molecular flexibility index (Phi) is 5.46. The van der Waals surface area contributed by atoms with E-state index in [0.717, 1.165) is 17.9 Å². The van der Waals surface area contributed by atoms with E-state index in [1.807, 2.05) is 24.3 Å². The molecule has 1 atom stereocenters. The van der Waals surface area contributed by atoms with Gasteiger partial charge in [-0.3, -0.25) is 14.7 Å². The predicted molar refractivity (Wildman–Crippen MR) is 105 cm³/mol. The molecule has 1 aromatic carbocycles. The Morgan fingerprint density at radius 1 is 1.17 bits per heavy atom. The standard InChI is InChI=1S/C20H23N5O4/c1-28-16-4-2-15(3-5-16)25-11-10-24(20(25)27)14-19(26)23-9-6-17(13-23)29-18-12-21-7-8-22-18/h2-5,7-8,12,17H,6,9-11,13-14H2,1H3/t17-/m1/s1. The van der Waals surface area contributed by atoms with Gasteiger partial charge < -0.3 is 19.3 Å². The van der Waals surface area contributed by atoms with Gasteiger partial charge in [-0.1, -0.05) is 0 Å². The van der Waals surface area contributed by atoms with Crippen molar-refractivity contribution in [2.24, 2.45) is 0 Å². The number of hydrogen-bond acceptors (Lipinski definition) is 6. The molecule has 1 aromatic heterocycles. The second-order valence-electron chi connectivity index (χ2n) is 6.97. The van der Waals surface area contributed by atoms with E-state index >= 15 is 0 Å². The molecule has 29 heavy (non-hydrogen) atoms. The average Bonchev–Trinajstić information content (AvgIpc) is 3.36. The SMILES string of the molecule is COc1ccc(N2CCN(CC(=O)N3CC[C@@H](Oc4cnccn4)C3)C2=O)cc1. The Morgan fingerprint density at radius 3 is 2.72 bits per heavy atom. The van der Waals surface area contributed by atoms with Crippen LogP contribution >= 0.6 is 0 Å². The lowest BCUT2D eigenvalue weighted by Gasteiger charge is -2.22. The van der Waals surface area contributed by atoms with Crippen molar-refractivity contribution < 1.29 is 19.1 Å². The third-order valence-electron chi connectivity index (χ3n) is 5.13. The zero-order valence-electron chi connectivity index (χ0n) is 16.2. The maximum absolute atomic E-state index is 12.7. The summed E-state index contributed by atoms with van der Waals surface area (Å²) in [5.74, 6) is 1.12. The zero-order chi connectivity index (χ0) is 20.2. The first-order valence-corrected chi connectivity index (χ1v) is 9.55. The van der Waals surface area contributed by atoms with Crippen molar-refractivity contribution in [2.75, 3.05) is 44.7 Å². The van der Waals surface area contributed by atoms with Crippen LogP contribution in [0.5, 0.6) is 11.6 Å². The molecule has 0 aliphatic carbocycles. The summed E-state index contributed by atoms with van der Waals surface area (Å²) in [4.78, 5) is 38.5. The Labute approximate surface area is 168 Å². The van der Waals surface area contributed by atoms with Gasteiger partial charge in [0.1, 0.15) is 18.4 Å². The number of aromatic nitrogens is 2. The molecule has 0 saturated carbocycles. The number of anilines is 1. The van der Waals surface area contributed by atoms with E-state index in [1.165, 1.54) is 0 Å². The van der Waals surface area contributed by atoms with Gasteiger partial charge in [0.15, 0.2) is 0 Å². The van der Waals surface area contributed by atoms with Crippen molar-refractivity contribution >= 4 is 17.6 Å². The average molecular weight is 397 g/mol. The van der Waals surface area contributed by atoms with Crippen molar-refractivity contribution in [3.8, 4) is 11.6 Å². The van der Waals surface area contributed by atoms with Gasteiger partial charge in [-0.15, -0.1) is 0 Å². The number of methoxy groups -OCH3 is 1. The van der Waals surface area contributed by atoms with Crippen LogP contribution in [-0.2, 0) is 4.79 Å². The highest BCUT2D eigenvalue weighted by atomic mass is 16.5. The fourth-order valence-corrected chi connectivity index (χ4v) is 3.56. The highest BCUT2D eigenvalue weighted by molar-refractivity contribution is 5.96. The normalized spacial score (nSPS) is 19.0. The highest BCUT2D eigenvalue weighted by Gasteiger charge is 2.34. The molecule has 3 heterocycles. The van der Waals surface area contributed by atoms with Gasteiger partial charge in [0.2, 0.25) is 11.8 Å². The third-order valence-corrected chi connectivity index (χ3v) is 5.13. The van der Waals surface area contributed by atoms with E-state index < -0.39 is 0 Å². The number of likely N-dealkylation sites (tertiary alicyclic amines) is 1. The summed E-state index contributed by atoms with van der Waals surface area (Å²) in [6.07, 6.45) is 5.33. The summed E-state index contributed by atoms with van der Waals surface area (Å²) in [5, 5.41) is 0. The number of amides is 3. The number of hydrogen-bond donors (Lipinski definition) is 0. The van der Waals surface area contributed by atoms with Crippen LogP contribution in [0, 0.1) is 0 Å². The number of benzene rings is 1. The molecule has 2 aliphatic rings. The number of carbonyl (C=O) groups is 2. The maximum atomic E-state index is 12.7. The lowest BCUT2D eigenvalue weighted by molar-refractivity contribution is -0.130. The van der Waals surface area contributed by atoms with Crippen molar-refractivity contribution in [1.29, 1.82) is 0 Å². The van der Waals surface area contributed by atoms with E-state index in [4.69, 9.17) is 9.47 Å². The molecule has 3 amide bonds. The van der Waals surface area contributed by atoms with E-state index in [0.29, 0.717) is 32.1 Å². The van der Waals surface area contributed by atoms with Crippen molar-refractivity contribution in [2.45, 2.75) is 12.5 Å². The summed E-state index contributed by atoms with van der Waals surface area (Å²) in [6.45, 7) is 2.23. The summed E-state index contributed by atoms with van der Waals surface area (Å²) in [7, 11) is 1.60. The zero-order valence-corrected chi connectivity index (χ0v) is 16.2. The quantitative estimate of drug-likeness (QED) is 0.732. The lowest BCUT2D eigenvalue weighted by Crippen LogP contribution is -2.42. The molecule has 0 bridgehead atoms. The molecule has 2 aliphatic heterocycles. The number of nitrogens with zero attached hydrogens (tertiary/aromatic N) is 5. The topological polar surface area (TPSA) is 88.1 Å². The molecular formula is C20H23N5O4. The first-order valence-electron chi connectivity index (χ1n) is 9.55. The van der Waals surface area contributed by atoms with Gasteiger partial charge in [-0.2, -0.15) is 0 Å². The maximum Gasteiger partial charge on any atom is 0.325 e. The van der Waals surface area contributed by atoms with Crippen LogP contribution in [-0.4, -0.2) is 77.6 Å². The number of rotatable bonds is 6. The van der Waals surface area contributed by atoms with Gasteiger partial charge in [0.25, 0.3) is 0 Å². The Hall–Kier alpha value is -3.36. The largest absolute Gasteiger partial charge is 0.497 e. The minimum atomic E-state index is -0.157. The minimum Gasteiger partial charge on any atom is -0.497 e. The van der Waals surface area contributed by atoms with Crippen LogP contribution in [0.4, 0.5) is 10.5 Å². The molecule has 0 radical (unpaired) electrons. The summed E-state index contributed by atoms with van der Waals surface area (Å²) >= 11 is 0.